The first-order valence-electron chi connectivity index (χ1n) is 15.1. The minimum atomic E-state index is -1.60. The highest BCUT2D eigenvalue weighted by atomic mass is 16.5. The van der Waals surface area contributed by atoms with Gasteiger partial charge in [-0.1, -0.05) is 12.1 Å². The molecule has 3 aromatic rings. The molecule has 0 spiro atoms. The molecule has 2 amide bonds. The van der Waals surface area contributed by atoms with Crippen molar-refractivity contribution in [2.75, 3.05) is 24.9 Å². The molecule has 0 fully saturated rings. The first-order valence-corrected chi connectivity index (χ1v) is 15.1. The third-order valence-electron chi connectivity index (χ3n) is 6.86. The molecule has 270 valence electrons. The number of ether oxygens (including phenoxy) is 4. The Balaban J connectivity index is 1.74. The number of Topliss-reactive ketones (excluding diaryl/α,β-unsaturated/α-hetero) is 1. The third kappa shape index (κ3) is 11.3. The number of hydrogen-bond acceptors (Lipinski definition) is 16. The molecule has 0 aliphatic heterocycles. The predicted molar refractivity (Wildman–Crippen MR) is 179 cm³/mol. The second-order valence-electron chi connectivity index (χ2n) is 10.4. The summed E-state index contributed by atoms with van der Waals surface area (Å²) in [5.74, 6) is -3.64. The Morgan fingerprint density at radius 2 is 1.33 bits per heavy atom. The number of azo groups is 2. The lowest BCUT2D eigenvalue weighted by Crippen LogP contribution is -2.31. The number of amides is 2. The van der Waals surface area contributed by atoms with Crippen molar-refractivity contribution >= 4 is 71.5 Å². The van der Waals surface area contributed by atoms with Gasteiger partial charge in [-0.05, 0) is 61.0 Å². The Hall–Kier alpha value is -6.98. The molecule has 2 atom stereocenters. The van der Waals surface area contributed by atoms with Gasteiger partial charge in [0.1, 0.15) is 25.2 Å². The van der Waals surface area contributed by atoms with Crippen molar-refractivity contribution in [2.45, 2.75) is 38.6 Å². The summed E-state index contributed by atoms with van der Waals surface area (Å²) >= 11 is 0. The fourth-order valence-corrected chi connectivity index (χ4v) is 4.25. The highest BCUT2D eigenvalue weighted by Crippen LogP contribution is 2.25. The lowest BCUT2D eigenvalue weighted by molar-refractivity contribution is -0.130. The van der Waals surface area contributed by atoms with Crippen molar-refractivity contribution in [1.82, 2.24) is 0 Å². The molecular formula is C34H32N6O12. The van der Waals surface area contributed by atoms with E-state index in [2.05, 4.69) is 31.1 Å². The topological polar surface area (TPSA) is 247 Å². The Bertz CT molecular complexity index is 1880. The number of benzene rings is 3. The van der Waals surface area contributed by atoms with Crippen molar-refractivity contribution < 1.29 is 57.3 Å². The molecule has 0 aliphatic rings. The molecule has 0 saturated heterocycles. The minimum Gasteiger partial charge on any atom is -0.465 e. The lowest BCUT2D eigenvalue weighted by Gasteiger charge is -2.12. The minimum absolute atomic E-state index is 0.00751. The van der Waals surface area contributed by atoms with E-state index in [0.717, 1.165) is 6.92 Å². The summed E-state index contributed by atoms with van der Waals surface area (Å²) in [6.07, 6.45) is 0.112. The van der Waals surface area contributed by atoms with Crippen molar-refractivity contribution in [1.29, 1.82) is 0 Å². The van der Waals surface area contributed by atoms with Gasteiger partial charge in [0.2, 0.25) is 6.04 Å². The number of nitrogens with one attached hydrogen (secondary N) is 2. The van der Waals surface area contributed by atoms with E-state index in [4.69, 9.17) is 18.9 Å². The van der Waals surface area contributed by atoms with Crippen molar-refractivity contribution in [3.63, 3.8) is 0 Å². The van der Waals surface area contributed by atoms with E-state index >= 15 is 0 Å². The van der Waals surface area contributed by atoms with Crippen LogP contribution in [-0.4, -0.2) is 75.1 Å². The number of ketones is 1. The first kappa shape index (κ1) is 39.5. The Morgan fingerprint density at radius 3 is 1.92 bits per heavy atom. The molecular weight excluding hydrogens is 684 g/mol. The Morgan fingerprint density at radius 1 is 0.712 bits per heavy atom. The van der Waals surface area contributed by atoms with Gasteiger partial charge >= 0.3 is 11.9 Å². The molecule has 18 heteroatoms. The molecule has 0 saturated carbocycles. The number of rotatable bonds is 19. The van der Waals surface area contributed by atoms with E-state index in [1.807, 2.05) is 0 Å². The monoisotopic (exact) mass is 716 g/mol. The summed E-state index contributed by atoms with van der Waals surface area (Å²) in [7, 11) is 2.35. The molecule has 0 radical (unpaired) electrons. The molecule has 3 rings (SSSR count). The number of methoxy groups -OCH3 is 2. The maximum absolute atomic E-state index is 13.0. The summed E-state index contributed by atoms with van der Waals surface area (Å²) in [6, 6.07) is 11.2. The number of esters is 2. The van der Waals surface area contributed by atoms with Crippen molar-refractivity contribution in [2.24, 2.45) is 20.5 Å². The van der Waals surface area contributed by atoms with Crippen LogP contribution in [0, 0.1) is 0 Å². The van der Waals surface area contributed by atoms with Crippen LogP contribution in [0.2, 0.25) is 0 Å². The fraction of sp³-hybridized carbons (Fsp3) is 0.235. The predicted octanol–water partition coefficient (Wildman–Crippen LogP) is 3.97. The van der Waals surface area contributed by atoms with Crippen LogP contribution in [0.5, 0.6) is 0 Å². The van der Waals surface area contributed by atoms with E-state index in [1.165, 1.54) is 74.9 Å². The van der Waals surface area contributed by atoms with Gasteiger partial charge < -0.3 is 34.4 Å². The highest BCUT2D eigenvalue weighted by molar-refractivity contribution is 6.10. The largest absolute Gasteiger partial charge is 0.465 e. The van der Waals surface area contributed by atoms with Gasteiger partial charge in [-0.15, -0.1) is 0 Å². The smallest absolute Gasteiger partial charge is 0.340 e. The van der Waals surface area contributed by atoms with E-state index in [9.17, 15) is 38.4 Å². The van der Waals surface area contributed by atoms with Crippen molar-refractivity contribution in [3.8, 4) is 0 Å². The lowest BCUT2D eigenvalue weighted by atomic mass is 10.1. The van der Waals surface area contributed by atoms with Gasteiger partial charge in [0.05, 0.1) is 31.0 Å². The van der Waals surface area contributed by atoms with Crippen LogP contribution in [-0.2, 0) is 60.9 Å². The van der Waals surface area contributed by atoms with Gasteiger partial charge in [-0.2, -0.15) is 20.5 Å². The maximum Gasteiger partial charge on any atom is 0.340 e. The van der Waals surface area contributed by atoms with Gasteiger partial charge in [0.25, 0.3) is 24.8 Å². The summed E-state index contributed by atoms with van der Waals surface area (Å²) in [5, 5.41) is 20.9. The van der Waals surface area contributed by atoms with Crippen LogP contribution in [0.3, 0.4) is 0 Å². The Kier molecular flexibility index (Phi) is 15.1. The van der Waals surface area contributed by atoms with Crippen LogP contribution < -0.4 is 10.6 Å². The van der Waals surface area contributed by atoms with Crippen molar-refractivity contribution in [3.05, 3.63) is 82.9 Å². The summed E-state index contributed by atoms with van der Waals surface area (Å²) in [5.41, 5.74) is 1.44. The molecule has 0 aliphatic carbocycles. The van der Waals surface area contributed by atoms with E-state index in [-0.39, 0.29) is 66.5 Å². The number of nitrogens with zero attached hydrogens (tertiary/aromatic N) is 4. The molecule has 0 bridgehead atoms. The molecule has 0 heterocycles. The zero-order chi connectivity index (χ0) is 38.0. The summed E-state index contributed by atoms with van der Waals surface area (Å²) < 4.78 is 18.9. The number of anilines is 2. The van der Waals surface area contributed by atoms with Crippen LogP contribution in [0.15, 0.2) is 81.1 Å². The van der Waals surface area contributed by atoms with Gasteiger partial charge in [-0.3, -0.25) is 24.0 Å². The van der Waals surface area contributed by atoms with E-state index < -0.39 is 41.6 Å². The fourth-order valence-electron chi connectivity index (χ4n) is 4.25. The number of aldehydes is 1. The summed E-state index contributed by atoms with van der Waals surface area (Å²) in [6.45, 7) is 1.26. The van der Waals surface area contributed by atoms with Gasteiger partial charge in [0, 0.05) is 23.4 Å². The molecule has 18 nitrogen and oxygen atoms in total. The number of carbonyl (C=O) groups is 8. The average Bonchev–Trinajstić information content (AvgIpc) is 3.14. The number of hydrogen-bond donors (Lipinski definition) is 2. The van der Waals surface area contributed by atoms with Gasteiger partial charge in [-0.25, -0.2) is 9.59 Å². The normalized spacial score (nSPS) is 11.9. The first-order chi connectivity index (χ1) is 25.0. The molecule has 2 N–H and O–H groups in total. The highest BCUT2D eigenvalue weighted by Gasteiger charge is 2.24. The van der Waals surface area contributed by atoms with E-state index in [0.29, 0.717) is 17.4 Å². The molecule has 3 aromatic carbocycles. The zero-order valence-corrected chi connectivity index (χ0v) is 28.0. The summed E-state index contributed by atoms with van der Waals surface area (Å²) in [4.78, 5) is 95.2. The second-order valence-corrected chi connectivity index (χ2v) is 10.4. The maximum atomic E-state index is 13.0. The second kappa shape index (κ2) is 19.9. The average molecular weight is 717 g/mol. The van der Waals surface area contributed by atoms with Crippen LogP contribution in [0.25, 0.3) is 0 Å². The molecule has 2 unspecified atom stereocenters. The van der Waals surface area contributed by atoms with Gasteiger partial charge in [0.15, 0.2) is 11.8 Å². The SMILES string of the molecule is COC(=O)c1ccc(COC=O)c(N=NC(C(C)=O)C(=O)Nc2ccc(NC(=O)C(CC=O)N=Nc3cc(COC=O)ccc3C(=O)OC)cc2)c1. The van der Waals surface area contributed by atoms with Crippen LogP contribution >= 0.6 is 0 Å². The zero-order valence-electron chi connectivity index (χ0n) is 28.0. The van der Waals surface area contributed by atoms with Crippen LogP contribution in [0.1, 0.15) is 45.2 Å². The third-order valence-corrected chi connectivity index (χ3v) is 6.86. The van der Waals surface area contributed by atoms with Crippen LogP contribution in [0.4, 0.5) is 22.7 Å². The standard InChI is InChI=1S/C34H32N6O12/c1-20(44)30(40-38-28-15-22(33(47)49-2)5-6-23(28)17-52-19-43)32(46)36-25-9-7-24(8-10-25)35-31(45)27(12-13-41)37-39-29-14-21(16-51-18-42)4-11-26(29)34(48)50-3/h4-11,13-15,18-19,27,30H,12,16-17H2,1-3H3,(H,35,45)(H,36,46). The number of carbonyl (C=O) groups excluding carboxylic acids is 8. The van der Waals surface area contributed by atoms with E-state index in [1.54, 1.807) is 0 Å². The Labute approximate surface area is 295 Å². The molecule has 0 aromatic heterocycles. The molecule has 52 heavy (non-hydrogen) atoms. The quantitative estimate of drug-likeness (QED) is 0.0588.